The molecule has 2 aliphatic heterocycles. The Labute approximate surface area is 144 Å². The van der Waals surface area contributed by atoms with Crippen LogP contribution in [0.25, 0.3) is 0 Å². The van der Waals surface area contributed by atoms with Crippen LogP contribution >= 0.6 is 0 Å². The summed E-state index contributed by atoms with van der Waals surface area (Å²) in [5.41, 5.74) is 1.17. The molecule has 2 unspecified atom stereocenters. The van der Waals surface area contributed by atoms with Gasteiger partial charge < -0.3 is 15.4 Å². The van der Waals surface area contributed by atoms with E-state index in [1.165, 1.54) is 24.8 Å². The number of carbonyl (C=O) groups is 1. The summed E-state index contributed by atoms with van der Waals surface area (Å²) in [7, 11) is 1.71. The van der Waals surface area contributed by atoms with E-state index in [1.54, 1.807) is 7.11 Å². The fraction of sp³-hybridized carbons (Fsp3) is 0.632. The van der Waals surface area contributed by atoms with Crippen LogP contribution in [0.1, 0.15) is 43.7 Å². The molecule has 1 aromatic carbocycles. The average Bonchev–Trinajstić information content (AvgIpc) is 3.17. The Bertz CT molecular complexity index is 537. The summed E-state index contributed by atoms with van der Waals surface area (Å²) in [6.45, 7) is 3.75. The SMILES string of the molecule is COc1ccccc1C(CNC(=O)C1CCCCN1)N1CCCC1. The van der Waals surface area contributed by atoms with Crippen molar-refractivity contribution >= 4 is 5.91 Å². The van der Waals surface area contributed by atoms with Crippen molar-refractivity contribution in [3.63, 3.8) is 0 Å². The van der Waals surface area contributed by atoms with E-state index in [4.69, 9.17) is 4.74 Å². The molecule has 0 aromatic heterocycles. The van der Waals surface area contributed by atoms with Crippen molar-refractivity contribution in [2.75, 3.05) is 33.3 Å². The molecule has 5 nitrogen and oxygen atoms in total. The molecule has 1 aromatic rings. The third-order valence-electron chi connectivity index (χ3n) is 5.18. The quantitative estimate of drug-likeness (QED) is 0.838. The Kier molecular flexibility index (Phi) is 6.10. The second-order valence-corrected chi connectivity index (χ2v) is 6.75. The van der Waals surface area contributed by atoms with Crippen molar-refractivity contribution in [1.29, 1.82) is 0 Å². The number of likely N-dealkylation sites (tertiary alicyclic amines) is 1. The monoisotopic (exact) mass is 331 g/mol. The topological polar surface area (TPSA) is 53.6 Å². The molecule has 2 atom stereocenters. The molecule has 0 spiro atoms. The zero-order valence-electron chi connectivity index (χ0n) is 14.6. The first-order chi connectivity index (χ1) is 11.8. The van der Waals surface area contributed by atoms with Gasteiger partial charge in [-0.15, -0.1) is 0 Å². The Morgan fingerprint density at radius 2 is 2.08 bits per heavy atom. The lowest BCUT2D eigenvalue weighted by molar-refractivity contribution is -0.123. The number of para-hydroxylation sites is 1. The first kappa shape index (κ1) is 17.2. The minimum Gasteiger partial charge on any atom is -0.496 e. The van der Waals surface area contributed by atoms with Crippen molar-refractivity contribution in [2.45, 2.75) is 44.2 Å². The van der Waals surface area contributed by atoms with E-state index in [0.29, 0.717) is 6.54 Å². The third kappa shape index (κ3) is 4.08. The number of piperidine rings is 1. The second-order valence-electron chi connectivity index (χ2n) is 6.75. The summed E-state index contributed by atoms with van der Waals surface area (Å²) in [6, 6.07) is 8.31. The highest BCUT2D eigenvalue weighted by Gasteiger charge is 2.27. The molecule has 2 fully saturated rings. The lowest BCUT2D eigenvalue weighted by Crippen LogP contribution is -2.48. The lowest BCUT2D eigenvalue weighted by Gasteiger charge is -2.30. The number of carbonyl (C=O) groups excluding carboxylic acids is 1. The van der Waals surface area contributed by atoms with Crippen LogP contribution < -0.4 is 15.4 Å². The number of nitrogens with one attached hydrogen (secondary N) is 2. The zero-order chi connectivity index (χ0) is 16.8. The van der Waals surface area contributed by atoms with E-state index in [2.05, 4.69) is 21.6 Å². The molecule has 24 heavy (non-hydrogen) atoms. The van der Waals surface area contributed by atoms with Crippen LogP contribution in [0.2, 0.25) is 0 Å². The van der Waals surface area contributed by atoms with Crippen molar-refractivity contribution in [1.82, 2.24) is 15.5 Å². The molecule has 0 saturated carbocycles. The van der Waals surface area contributed by atoms with Gasteiger partial charge in [0.15, 0.2) is 0 Å². The molecule has 0 aliphatic carbocycles. The Morgan fingerprint density at radius 3 is 2.79 bits per heavy atom. The highest BCUT2D eigenvalue weighted by Crippen LogP contribution is 2.31. The van der Waals surface area contributed by atoms with Gasteiger partial charge in [-0.2, -0.15) is 0 Å². The molecule has 3 rings (SSSR count). The van der Waals surface area contributed by atoms with Crippen molar-refractivity contribution in [2.24, 2.45) is 0 Å². The Balaban J connectivity index is 1.69. The van der Waals surface area contributed by atoms with Gasteiger partial charge in [0.1, 0.15) is 5.75 Å². The minimum absolute atomic E-state index is 0.0318. The maximum Gasteiger partial charge on any atom is 0.237 e. The van der Waals surface area contributed by atoms with Crippen LogP contribution in [0, 0.1) is 0 Å². The maximum atomic E-state index is 12.5. The number of methoxy groups -OCH3 is 1. The Hall–Kier alpha value is -1.59. The van der Waals surface area contributed by atoms with E-state index in [9.17, 15) is 4.79 Å². The van der Waals surface area contributed by atoms with Crippen LogP contribution in [-0.2, 0) is 4.79 Å². The van der Waals surface area contributed by atoms with Crippen molar-refractivity contribution in [3.05, 3.63) is 29.8 Å². The van der Waals surface area contributed by atoms with Crippen molar-refractivity contribution < 1.29 is 9.53 Å². The number of hydrogen-bond acceptors (Lipinski definition) is 4. The third-order valence-corrected chi connectivity index (χ3v) is 5.18. The average molecular weight is 331 g/mol. The van der Waals surface area contributed by atoms with Gasteiger partial charge in [-0.05, 0) is 51.4 Å². The molecule has 2 saturated heterocycles. The zero-order valence-corrected chi connectivity index (χ0v) is 14.6. The number of amides is 1. The largest absolute Gasteiger partial charge is 0.496 e. The predicted molar refractivity (Wildman–Crippen MR) is 95.2 cm³/mol. The normalized spacial score (nSPS) is 23.0. The molecule has 1 amide bonds. The molecule has 0 radical (unpaired) electrons. The molecule has 2 heterocycles. The number of benzene rings is 1. The van der Waals surface area contributed by atoms with Crippen LogP contribution in [-0.4, -0.2) is 50.1 Å². The summed E-state index contributed by atoms with van der Waals surface area (Å²) in [6.07, 6.45) is 5.69. The van der Waals surface area contributed by atoms with Crippen molar-refractivity contribution in [3.8, 4) is 5.75 Å². The summed E-state index contributed by atoms with van der Waals surface area (Å²) in [5, 5.41) is 6.50. The first-order valence-corrected chi connectivity index (χ1v) is 9.17. The van der Waals surface area contributed by atoms with Gasteiger partial charge in [-0.3, -0.25) is 9.69 Å². The molecule has 2 aliphatic rings. The van der Waals surface area contributed by atoms with Gasteiger partial charge in [-0.25, -0.2) is 0 Å². The summed E-state index contributed by atoms with van der Waals surface area (Å²) >= 11 is 0. The summed E-state index contributed by atoms with van der Waals surface area (Å²) in [4.78, 5) is 14.9. The number of rotatable bonds is 6. The summed E-state index contributed by atoms with van der Waals surface area (Å²) < 4.78 is 5.56. The standard InChI is InChI=1S/C19H29N3O2/c1-24-18-10-3-2-8-15(18)17(22-12-6-7-13-22)14-21-19(23)16-9-4-5-11-20-16/h2-3,8,10,16-17,20H,4-7,9,11-14H2,1H3,(H,21,23). The molecule has 132 valence electrons. The van der Waals surface area contributed by atoms with Gasteiger partial charge >= 0.3 is 0 Å². The van der Waals surface area contributed by atoms with Gasteiger partial charge in [0.05, 0.1) is 19.2 Å². The van der Waals surface area contributed by atoms with Crippen LogP contribution in [0.15, 0.2) is 24.3 Å². The number of hydrogen-bond donors (Lipinski definition) is 2. The van der Waals surface area contributed by atoms with Gasteiger partial charge in [0, 0.05) is 12.1 Å². The fourth-order valence-corrected chi connectivity index (χ4v) is 3.83. The maximum absolute atomic E-state index is 12.5. The molecule has 0 bridgehead atoms. The van der Waals surface area contributed by atoms with E-state index in [1.807, 2.05) is 18.2 Å². The molecular weight excluding hydrogens is 302 g/mol. The number of nitrogens with zero attached hydrogens (tertiary/aromatic N) is 1. The van der Waals surface area contributed by atoms with Crippen LogP contribution in [0.4, 0.5) is 0 Å². The molecule has 5 heteroatoms. The minimum atomic E-state index is -0.0318. The van der Waals surface area contributed by atoms with E-state index < -0.39 is 0 Å². The van der Waals surface area contributed by atoms with Gasteiger partial charge in [-0.1, -0.05) is 24.6 Å². The highest BCUT2D eigenvalue weighted by molar-refractivity contribution is 5.81. The fourth-order valence-electron chi connectivity index (χ4n) is 3.83. The molecular formula is C19H29N3O2. The second kappa shape index (κ2) is 8.49. The smallest absolute Gasteiger partial charge is 0.237 e. The predicted octanol–water partition coefficient (Wildman–Crippen LogP) is 2.09. The van der Waals surface area contributed by atoms with Gasteiger partial charge in [0.2, 0.25) is 5.91 Å². The Morgan fingerprint density at radius 1 is 1.29 bits per heavy atom. The van der Waals surface area contributed by atoms with Crippen LogP contribution in [0.3, 0.4) is 0 Å². The van der Waals surface area contributed by atoms with Gasteiger partial charge in [0.25, 0.3) is 0 Å². The lowest BCUT2D eigenvalue weighted by atomic mass is 10.0. The molecule has 2 N–H and O–H groups in total. The van der Waals surface area contributed by atoms with E-state index >= 15 is 0 Å². The first-order valence-electron chi connectivity index (χ1n) is 9.17. The summed E-state index contributed by atoms with van der Waals surface area (Å²) in [5.74, 6) is 1.04. The van der Waals surface area contributed by atoms with E-state index in [-0.39, 0.29) is 18.0 Å². The number of ether oxygens (including phenoxy) is 1. The van der Waals surface area contributed by atoms with E-state index in [0.717, 1.165) is 38.2 Å². The highest BCUT2D eigenvalue weighted by atomic mass is 16.5. The van der Waals surface area contributed by atoms with Crippen LogP contribution in [0.5, 0.6) is 5.75 Å².